The van der Waals surface area contributed by atoms with E-state index in [-0.39, 0.29) is 30.1 Å². The SMILES string of the molecule is C.CC(C)(C)OC(=O)N1CCN(Cc2cc(N)cc(F)c2)CC1.Cc1ccc(NC(=O)Nc2cc(F)cc(CN3CCN(C(=O)OC(C)(C)C)CC3)c2)cn1.F. The Kier molecular flexibility index (Phi) is 17.4. The van der Waals surface area contributed by atoms with Gasteiger partial charge in [-0.25, -0.2) is 23.2 Å². The Morgan fingerprint density at radius 2 is 1.14 bits per heavy atom. The summed E-state index contributed by atoms with van der Waals surface area (Å²) < 4.78 is 38.3. The molecule has 0 saturated carbocycles. The first-order valence-corrected chi connectivity index (χ1v) is 18.1. The number of amides is 4. The van der Waals surface area contributed by atoms with Gasteiger partial charge in [0.1, 0.15) is 22.8 Å². The van der Waals surface area contributed by atoms with E-state index in [4.69, 9.17) is 15.2 Å². The van der Waals surface area contributed by atoms with Crippen LogP contribution >= 0.6 is 0 Å². The highest BCUT2D eigenvalue weighted by Crippen LogP contribution is 2.19. The molecule has 2 fully saturated rings. The van der Waals surface area contributed by atoms with Crippen LogP contribution in [0, 0.1) is 18.6 Å². The second-order valence-electron chi connectivity index (χ2n) is 15.5. The van der Waals surface area contributed by atoms with E-state index >= 15 is 0 Å². The number of urea groups is 1. The molecule has 2 aromatic carbocycles. The molecule has 5 rings (SSSR count). The van der Waals surface area contributed by atoms with E-state index < -0.39 is 23.1 Å². The monoisotopic (exact) mass is 788 g/mol. The summed E-state index contributed by atoms with van der Waals surface area (Å²) in [6, 6.07) is 12.1. The van der Waals surface area contributed by atoms with E-state index in [0.717, 1.165) is 29.9 Å². The minimum absolute atomic E-state index is 0. The molecule has 3 heterocycles. The van der Waals surface area contributed by atoms with Crippen LogP contribution in [0.15, 0.2) is 54.7 Å². The number of piperazine rings is 2. The van der Waals surface area contributed by atoms with Gasteiger partial charge in [0.15, 0.2) is 0 Å². The standard InChI is InChI=1S/C23H30FN5O3.C16H24FN3O2.CH4.FH/c1-16-5-6-19(14-25-16)26-21(30)27-20-12-17(11-18(24)13-20)15-28-7-9-29(10-8-28)22(31)32-23(2,3)4;1-16(2,3)22-15(21)20-6-4-19(5-7-20)11-12-8-13(17)10-14(18)9-12;;/h5-6,11-14H,7-10,15H2,1-4H3,(H2,26,27,30);8-10H,4-7,11,18H2,1-3H3;1H4;1H. The lowest BCUT2D eigenvalue weighted by Gasteiger charge is -2.35. The number of pyridine rings is 1. The van der Waals surface area contributed by atoms with Crippen LogP contribution in [0.5, 0.6) is 0 Å². The van der Waals surface area contributed by atoms with Crippen molar-refractivity contribution in [2.24, 2.45) is 0 Å². The van der Waals surface area contributed by atoms with E-state index in [9.17, 15) is 23.2 Å². The summed E-state index contributed by atoms with van der Waals surface area (Å²) in [7, 11) is 0. The first-order valence-electron chi connectivity index (χ1n) is 18.1. The maximum atomic E-state index is 14.2. The Balaban J connectivity index is 0.000000398. The maximum Gasteiger partial charge on any atom is 0.410 e. The lowest BCUT2D eigenvalue weighted by atomic mass is 10.1. The van der Waals surface area contributed by atoms with Gasteiger partial charge in [0, 0.05) is 82.5 Å². The zero-order valence-corrected chi connectivity index (χ0v) is 32.8. The molecule has 0 spiro atoms. The first kappa shape index (κ1) is 47.1. The minimum Gasteiger partial charge on any atom is -0.444 e. The number of aryl methyl sites for hydroxylation is 1. The fraction of sp³-hybridized carbons (Fsp3) is 0.500. The summed E-state index contributed by atoms with van der Waals surface area (Å²) in [5.41, 5.74) is 8.43. The second kappa shape index (κ2) is 20.7. The largest absolute Gasteiger partial charge is 0.444 e. The number of nitrogen functional groups attached to an aromatic ring is 1. The van der Waals surface area contributed by atoms with Gasteiger partial charge in [-0.15, -0.1) is 0 Å². The van der Waals surface area contributed by atoms with E-state index in [1.54, 1.807) is 40.3 Å². The Morgan fingerprint density at radius 1 is 0.696 bits per heavy atom. The average Bonchev–Trinajstić information content (AvgIpc) is 3.04. The van der Waals surface area contributed by atoms with Crippen molar-refractivity contribution in [3.05, 3.63) is 83.2 Å². The molecule has 2 aliphatic rings. The van der Waals surface area contributed by atoms with Gasteiger partial charge in [-0.3, -0.25) is 19.5 Å². The molecule has 0 bridgehead atoms. The molecule has 1 aromatic heterocycles. The predicted molar refractivity (Wildman–Crippen MR) is 214 cm³/mol. The van der Waals surface area contributed by atoms with Gasteiger partial charge in [0.2, 0.25) is 0 Å². The number of nitrogens with one attached hydrogen (secondary N) is 2. The lowest BCUT2D eigenvalue weighted by molar-refractivity contribution is 0.0129. The van der Waals surface area contributed by atoms with Crippen molar-refractivity contribution in [2.75, 3.05) is 68.7 Å². The van der Waals surface area contributed by atoms with Crippen molar-refractivity contribution in [2.45, 2.75) is 80.2 Å². The number of anilines is 3. The smallest absolute Gasteiger partial charge is 0.410 e. The van der Waals surface area contributed by atoms with E-state index in [1.807, 2.05) is 48.5 Å². The summed E-state index contributed by atoms with van der Waals surface area (Å²) >= 11 is 0. The molecule has 310 valence electrons. The minimum atomic E-state index is -0.526. The van der Waals surface area contributed by atoms with Crippen molar-refractivity contribution >= 4 is 35.3 Å². The Morgan fingerprint density at radius 3 is 1.57 bits per heavy atom. The van der Waals surface area contributed by atoms with Crippen molar-refractivity contribution in [3.63, 3.8) is 0 Å². The number of benzene rings is 2. The van der Waals surface area contributed by atoms with E-state index in [2.05, 4.69) is 25.4 Å². The molecule has 0 aliphatic carbocycles. The Hall–Kier alpha value is -5.09. The van der Waals surface area contributed by atoms with Crippen LogP contribution in [0.25, 0.3) is 0 Å². The topological polar surface area (TPSA) is 146 Å². The molecule has 0 radical (unpaired) electrons. The second-order valence-corrected chi connectivity index (χ2v) is 15.5. The van der Waals surface area contributed by atoms with Gasteiger partial charge < -0.3 is 35.6 Å². The number of rotatable bonds is 6. The number of carbonyl (C=O) groups excluding carboxylic acids is 3. The Bertz CT molecular complexity index is 1710. The molecule has 56 heavy (non-hydrogen) atoms. The third-order valence-corrected chi connectivity index (χ3v) is 8.22. The van der Waals surface area contributed by atoms with Crippen LogP contribution in [-0.2, 0) is 22.6 Å². The molecule has 0 atom stereocenters. The van der Waals surface area contributed by atoms with Crippen LogP contribution in [0.2, 0.25) is 0 Å². The highest BCUT2D eigenvalue weighted by Gasteiger charge is 2.27. The fourth-order valence-corrected chi connectivity index (χ4v) is 5.76. The third kappa shape index (κ3) is 16.3. The number of aromatic nitrogens is 1. The average molecular weight is 789 g/mol. The fourth-order valence-electron chi connectivity index (χ4n) is 5.76. The summed E-state index contributed by atoms with van der Waals surface area (Å²) in [6.07, 6.45) is 0.967. The summed E-state index contributed by atoms with van der Waals surface area (Å²) in [6.45, 7) is 19.2. The molecule has 4 amide bonds. The Labute approximate surface area is 328 Å². The molecule has 2 aliphatic heterocycles. The zero-order valence-electron chi connectivity index (χ0n) is 32.8. The number of hydrogen-bond acceptors (Lipinski definition) is 9. The number of ether oxygens (including phenoxy) is 2. The number of hydrogen-bond donors (Lipinski definition) is 3. The highest BCUT2D eigenvalue weighted by atomic mass is 19.1. The van der Waals surface area contributed by atoms with Crippen molar-refractivity contribution in [3.8, 4) is 0 Å². The number of nitrogens with two attached hydrogens (primary N) is 1. The third-order valence-electron chi connectivity index (χ3n) is 8.22. The highest BCUT2D eigenvalue weighted by molar-refractivity contribution is 5.99. The molecule has 2 saturated heterocycles. The van der Waals surface area contributed by atoms with Crippen LogP contribution in [0.4, 0.5) is 44.9 Å². The summed E-state index contributed by atoms with van der Waals surface area (Å²) in [5, 5.41) is 5.34. The van der Waals surface area contributed by atoms with Crippen molar-refractivity contribution in [1.29, 1.82) is 0 Å². The van der Waals surface area contributed by atoms with Crippen molar-refractivity contribution in [1.82, 2.24) is 24.6 Å². The van der Waals surface area contributed by atoms with Gasteiger partial charge in [-0.05, 0) is 108 Å². The summed E-state index contributed by atoms with van der Waals surface area (Å²) in [5.74, 6) is -0.746. The van der Waals surface area contributed by atoms with Crippen LogP contribution in [0.3, 0.4) is 0 Å². The van der Waals surface area contributed by atoms with Crippen LogP contribution < -0.4 is 16.4 Å². The quantitative estimate of drug-likeness (QED) is 0.217. The van der Waals surface area contributed by atoms with E-state index in [1.165, 1.54) is 24.3 Å². The number of halogens is 3. The normalized spacial score (nSPS) is 14.9. The van der Waals surface area contributed by atoms with Gasteiger partial charge >= 0.3 is 18.2 Å². The maximum absolute atomic E-state index is 14.2. The van der Waals surface area contributed by atoms with Crippen LogP contribution in [0.1, 0.15) is 65.8 Å². The number of nitrogens with zero attached hydrogens (tertiary/aromatic N) is 5. The molecule has 3 aromatic rings. The van der Waals surface area contributed by atoms with Gasteiger partial charge in [-0.1, -0.05) is 7.43 Å². The molecular weight excluding hydrogens is 729 g/mol. The first-order chi connectivity index (χ1) is 25.3. The van der Waals surface area contributed by atoms with Crippen LogP contribution in [-0.4, -0.2) is 106 Å². The van der Waals surface area contributed by atoms with Gasteiger partial charge in [0.05, 0.1) is 11.9 Å². The zero-order chi connectivity index (χ0) is 39.6. The summed E-state index contributed by atoms with van der Waals surface area (Å²) in [4.78, 5) is 48.3. The van der Waals surface area contributed by atoms with Crippen molar-refractivity contribution < 1.29 is 37.3 Å². The molecular formula is C40H59F3N8O5. The molecule has 0 unspecified atom stereocenters. The molecule has 13 nitrogen and oxygen atoms in total. The van der Waals surface area contributed by atoms with Gasteiger partial charge in [-0.2, -0.15) is 0 Å². The van der Waals surface area contributed by atoms with Gasteiger partial charge in [0.25, 0.3) is 0 Å². The lowest BCUT2D eigenvalue weighted by Crippen LogP contribution is -2.49. The number of carbonyl (C=O) groups is 3. The molecule has 4 N–H and O–H groups in total. The predicted octanol–water partition coefficient (Wildman–Crippen LogP) is 7.48. The van der Waals surface area contributed by atoms with E-state index in [0.29, 0.717) is 69.4 Å². The molecule has 16 heteroatoms.